The highest BCUT2D eigenvalue weighted by atomic mass is 35.5. The molecule has 0 radical (unpaired) electrons. The molecular weight excluding hydrogens is 1070 g/mol. The zero-order valence-electron chi connectivity index (χ0n) is 43.4. The van der Waals surface area contributed by atoms with Gasteiger partial charge in [-0.3, -0.25) is 14.5 Å². The van der Waals surface area contributed by atoms with Crippen LogP contribution in [0.4, 0.5) is 5.13 Å². The van der Waals surface area contributed by atoms with E-state index in [1.165, 1.54) is 28.0 Å². The number of hydrogen-bond donors (Lipinski definition) is 2. The van der Waals surface area contributed by atoms with Crippen molar-refractivity contribution in [1.29, 1.82) is 0 Å². The van der Waals surface area contributed by atoms with Crippen molar-refractivity contribution in [3.05, 3.63) is 226 Å². The summed E-state index contributed by atoms with van der Waals surface area (Å²) in [6.07, 6.45) is -0.773. The first-order valence-electron chi connectivity index (χ1n) is 25.3. The number of rotatable bonds is 28. The van der Waals surface area contributed by atoms with Crippen molar-refractivity contribution in [2.75, 3.05) is 71.2 Å². The van der Waals surface area contributed by atoms with Gasteiger partial charge in [0.05, 0.1) is 26.4 Å². The molecule has 2 amide bonds. The standard InChI is InChI=1S/C60H58ClN5O11S2/c1-70-30-32-72-39-74-49-29-28-41(34-50(49)75-40-73-33-31-71-2)36-76-65-51(48-38-79-59(62-48)64-60(45-22-12-5-13-23-45,46-24-14-6-15-25-46)47-26-16-7-17-27-47)55(67)63-52-56(68)66-53(44(35-61)37-78-57(52)66)58(69)77-54(42-18-8-3-9-19-42)43-20-10-4-11-21-43/h3-29,34,38,52,54,57H,30-33,35-37,39-40H2,1-2H3,(H,62,64)(H,63,67)/t52?,57-/m0/s1. The van der Waals surface area contributed by atoms with Crippen LogP contribution in [-0.2, 0) is 55.1 Å². The molecule has 3 heterocycles. The van der Waals surface area contributed by atoms with Gasteiger partial charge in [-0.25, -0.2) is 9.78 Å². The number of halogens is 1. The Kier molecular flexibility index (Phi) is 19.8. The molecule has 2 N–H and O–H groups in total. The number of carbonyl (C=O) groups excluding carboxylic acids is 3. The number of thiazole rings is 1. The molecule has 16 nitrogen and oxygen atoms in total. The van der Waals surface area contributed by atoms with Crippen molar-refractivity contribution in [2.45, 2.75) is 29.7 Å². The Hall–Kier alpha value is -7.55. The number of amides is 2. The van der Waals surface area contributed by atoms with Crippen LogP contribution in [0.2, 0.25) is 0 Å². The molecule has 2 aliphatic heterocycles. The largest absolute Gasteiger partial charge is 0.464 e. The molecule has 7 aromatic rings. The van der Waals surface area contributed by atoms with Crippen molar-refractivity contribution < 1.29 is 52.4 Å². The molecular formula is C60H58ClN5O11S2. The van der Waals surface area contributed by atoms with Crippen molar-refractivity contribution in [3.63, 3.8) is 0 Å². The summed E-state index contributed by atoms with van der Waals surface area (Å²) >= 11 is 9.12. The van der Waals surface area contributed by atoms with Crippen molar-refractivity contribution in [2.24, 2.45) is 5.16 Å². The number of thioether (sulfide) groups is 1. The number of benzene rings is 6. The molecule has 0 spiro atoms. The molecule has 0 bridgehead atoms. The van der Waals surface area contributed by atoms with Crippen LogP contribution >= 0.6 is 34.7 Å². The number of β-lactam (4-membered cyclic amide) rings is 1. The van der Waals surface area contributed by atoms with E-state index in [1.54, 1.807) is 37.8 Å². The maximum absolute atomic E-state index is 14.9. The Morgan fingerprint density at radius 1 is 0.734 bits per heavy atom. The van der Waals surface area contributed by atoms with Crippen molar-refractivity contribution in [1.82, 2.24) is 15.2 Å². The highest BCUT2D eigenvalue weighted by molar-refractivity contribution is 8.00. The van der Waals surface area contributed by atoms with Crippen LogP contribution in [0.3, 0.4) is 0 Å². The van der Waals surface area contributed by atoms with Crippen LogP contribution in [0, 0.1) is 0 Å². The van der Waals surface area contributed by atoms with E-state index in [0.29, 0.717) is 59.9 Å². The van der Waals surface area contributed by atoms with Gasteiger partial charge in [0.25, 0.3) is 11.8 Å². The fraction of sp³-hybridized carbons (Fsp3) is 0.250. The zero-order valence-corrected chi connectivity index (χ0v) is 45.8. The number of carbonyl (C=O) groups is 3. The number of esters is 1. The van der Waals surface area contributed by atoms with Gasteiger partial charge in [-0.15, -0.1) is 34.7 Å². The third kappa shape index (κ3) is 13.5. The quantitative estimate of drug-likeness (QED) is 0.00693. The first kappa shape index (κ1) is 56.2. The van der Waals surface area contributed by atoms with Crippen LogP contribution in [0.15, 0.2) is 192 Å². The second kappa shape index (κ2) is 27.9. The molecule has 1 aromatic heterocycles. The smallest absolute Gasteiger partial charge is 0.356 e. The van der Waals surface area contributed by atoms with E-state index >= 15 is 0 Å². The average Bonchev–Trinajstić information content (AvgIpc) is 4.06. The van der Waals surface area contributed by atoms with Gasteiger partial charge in [-0.2, -0.15) is 0 Å². The predicted octanol–water partition coefficient (Wildman–Crippen LogP) is 9.69. The topological polar surface area (TPSA) is 178 Å². The van der Waals surface area contributed by atoms with Gasteiger partial charge in [-0.05, 0) is 51.1 Å². The van der Waals surface area contributed by atoms with Crippen LogP contribution in [0.25, 0.3) is 0 Å². The molecule has 79 heavy (non-hydrogen) atoms. The van der Waals surface area contributed by atoms with Gasteiger partial charge in [0.1, 0.15) is 35.0 Å². The molecule has 1 fully saturated rings. The number of aromatic nitrogens is 1. The van der Waals surface area contributed by atoms with E-state index < -0.39 is 40.8 Å². The van der Waals surface area contributed by atoms with Crippen LogP contribution in [0.1, 0.15) is 45.2 Å². The third-order valence-corrected chi connectivity index (χ3v) is 15.3. The summed E-state index contributed by atoms with van der Waals surface area (Å²) in [5.41, 5.74) is 4.55. The van der Waals surface area contributed by atoms with E-state index in [9.17, 15) is 14.4 Å². The lowest BCUT2D eigenvalue weighted by atomic mass is 9.77. The second-order valence-corrected chi connectivity index (χ2v) is 20.1. The third-order valence-electron chi connectivity index (χ3n) is 12.8. The second-order valence-electron chi connectivity index (χ2n) is 17.9. The minimum atomic E-state index is -1.07. The van der Waals surface area contributed by atoms with Crippen LogP contribution in [0.5, 0.6) is 11.5 Å². The lowest BCUT2D eigenvalue weighted by Crippen LogP contribution is -2.71. The van der Waals surface area contributed by atoms with Gasteiger partial charge in [-0.1, -0.05) is 163 Å². The van der Waals surface area contributed by atoms with E-state index in [4.69, 9.17) is 54.6 Å². The Balaban J connectivity index is 1.01. The number of nitrogens with one attached hydrogen (secondary N) is 2. The fourth-order valence-corrected chi connectivity index (χ4v) is 11.4. The fourth-order valence-electron chi connectivity index (χ4n) is 8.98. The van der Waals surface area contributed by atoms with E-state index in [1.807, 2.05) is 115 Å². The molecule has 0 saturated carbocycles. The number of anilines is 1. The SMILES string of the molecule is COCCOCOc1ccc(CON=C(C(=O)NC2C(=O)N3C(C(=O)OC(c4ccccc4)c4ccccc4)=C(CCl)CS[C@@H]23)c2csc(NC(c3ccccc3)(c3ccccc3)c3ccccc3)n2)cc1OCOCCOC. The van der Waals surface area contributed by atoms with Crippen molar-refractivity contribution >= 4 is 63.3 Å². The summed E-state index contributed by atoms with van der Waals surface area (Å²) in [6, 6.07) is 53.0. The number of hydrogen-bond acceptors (Lipinski definition) is 16. The highest BCUT2D eigenvalue weighted by Crippen LogP contribution is 2.43. The van der Waals surface area contributed by atoms with Gasteiger partial charge >= 0.3 is 5.97 Å². The van der Waals surface area contributed by atoms with Gasteiger partial charge in [0, 0.05) is 31.2 Å². The Morgan fingerprint density at radius 2 is 1.28 bits per heavy atom. The summed E-state index contributed by atoms with van der Waals surface area (Å²) in [4.78, 5) is 56.1. The zero-order chi connectivity index (χ0) is 54.8. The normalized spacial score (nSPS) is 15.3. The molecule has 1 unspecified atom stereocenters. The lowest BCUT2D eigenvalue weighted by molar-refractivity contribution is -0.154. The van der Waals surface area contributed by atoms with Gasteiger partial charge in [0.15, 0.2) is 42.0 Å². The maximum Gasteiger partial charge on any atom is 0.356 e. The number of ether oxygens (including phenoxy) is 7. The van der Waals surface area contributed by atoms with Crippen molar-refractivity contribution in [3.8, 4) is 11.5 Å². The number of alkyl halides is 1. The molecule has 0 aliphatic carbocycles. The minimum Gasteiger partial charge on any atom is -0.464 e. The predicted molar refractivity (Wildman–Crippen MR) is 303 cm³/mol. The molecule has 408 valence electrons. The summed E-state index contributed by atoms with van der Waals surface area (Å²) in [7, 11) is 3.16. The molecule has 19 heteroatoms. The summed E-state index contributed by atoms with van der Waals surface area (Å²) in [5, 5.41) is 12.6. The molecule has 2 aliphatic rings. The number of nitrogens with zero attached hydrogens (tertiary/aromatic N) is 3. The maximum atomic E-state index is 14.9. The van der Waals surface area contributed by atoms with E-state index in [2.05, 4.69) is 52.2 Å². The highest BCUT2D eigenvalue weighted by Gasteiger charge is 2.55. The number of fused-ring (bicyclic) bond motifs is 1. The van der Waals surface area contributed by atoms with Crippen LogP contribution in [-0.4, -0.2) is 111 Å². The average molecular weight is 1120 g/mol. The van der Waals surface area contributed by atoms with Gasteiger partial charge < -0.3 is 48.6 Å². The Morgan fingerprint density at radius 3 is 1.82 bits per heavy atom. The first-order chi connectivity index (χ1) is 38.8. The first-order valence-corrected chi connectivity index (χ1v) is 27.8. The van der Waals surface area contributed by atoms with E-state index in [0.717, 1.165) is 27.8 Å². The molecule has 9 rings (SSSR count). The lowest BCUT2D eigenvalue weighted by Gasteiger charge is -2.49. The molecule has 6 aromatic carbocycles. The molecule has 2 atom stereocenters. The van der Waals surface area contributed by atoms with Gasteiger partial charge in [0.2, 0.25) is 0 Å². The summed E-state index contributed by atoms with van der Waals surface area (Å²) in [5.74, 6) is -0.965. The molecule has 1 saturated heterocycles. The Labute approximate surface area is 471 Å². The van der Waals surface area contributed by atoms with E-state index in [-0.39, 0.29) is 43.2 Å². The van der Waals surface area contributed by atoms with Crippen LogP contribution < -0.4 is 20.1 Å². The Bertz CT molecular complexity index is 3040. The summed E-state index contributed by atoms with van der Waals surface area (Å²) < 4.78 is 39.3. The minimum absolute atomic E-state index is 0.0183. The monoisotopic (exact) mass is 1120 g/mol. The number of oxime groups is 1. The summed E-state index contributed by atoms with van der Waals surface area (Å²) in [6.45, 7) is 1.13. The number of methoxy groups -OCH3 is 2.